The molecule has 1 heterocycles. The number of methoxy groups -OCH3 is 2. The second kappa shape index (κ2) is 6.91. The normalized spacial score (nSPS) is 23.6. The van der Waals surface area contributed by atoms with Crippen molar-refractivity contribution in [3.05, 3.63) is 11.3 Å². The molecule has 0 aromatic carbocycles. The SMILES string of the molecule is COC(OC)/C(NC1CCCCC1)=C1\CCOC1=O. The van der Waals surface area contributed by atoms with Gasteiger partial charge in [0.25, 0.3) is 0 Å². The molecule has 1 saturated heterocycles. The molecule has 0 amide bonds. The number of ether oxygens (including phenoxy) is 3. The highest BCUT2D eigenvalue weighted by Gasteiger charge is 2.29. The first-order valence-electron chi connectivity index (χ1n) is 6.98. The first-order valence-corrected chi connectivity index (χ1v) is 6.98. The molecule has 108 valence electrons. The number of rotatable bonds is 5. The number of hydrogen-bond donors (Lipinski definition) is 1. The molecule has 0 radical (unpaired) electrons. The maximum Gasteiger partial charge on any atom is 0.336 e. The minimum Gasteiger partial charge on any atom is -0.462 e. The average Bonchev–Trinajstić information content (AvgIpc) is 2.86. The predicted molar refractivity (Wildman–Crippen MR) is 70.4 cm³/mol. The van der Waals surface area contributed by atoms with Crippen molar-refractivity contribution < 1.29 is 19.0 Å². The molecule has 2 fully saturated rings. The van der Waals surface area contributed by atoms with E-state index in [0.717, 1.165) is 18.5 Å². The lowest BCUT2D eigenvalue weighted by molar-refractivity contribution is -0.135. The number of carbonyl (C=O) groups excluding carboxylic acids is 1. The van der Waals surface area contributed by atoms with Crippen molar-refractivity contribution in [2.45, 2.75) is 50.9 Å². The van der Waals surface area contributed by atoms with E-state index in [1.165, 1.54) is 19.3 Å². The van der Waals surface area contributed by atoms with Crippen molar-refractivity contribution in [1.82, 2.24) is 5.32 Å². The highest BCUT2D eigenvalue weighted by Crippen LogP contribution is 2.24. The summed E-state index contributed by atoms with van der Waals surface area (Å²) in [5.74, 6) is -0.252. The van der Waals surface area contributed by atoms with E-state index < -0.39 is 6.29 Å². The van der Waals surface area contributed by atoms with Crippen LogP contribution in [0.1, 0.15) is 38.5 Å². The number of cyclic esters (lactones) is 1. The number of hydrogen-bond acceptors (Lipinski definition) is 5. The Bertz CT molecular complexity index is 343. The number of carbonyl (C=O) groups is 1. The highest BCUT2D eigenvalue weighted by molar-refractivity contribution is 5.91. The van der Waals surface area contributed by atoms with Gasteiger partial charge in [0.2, 0.25) is 0 Å². The lowest BCUT2D eigenvalue weighted by Crippen LogP contribution is -2.38. The first kappa shape index (κ1) is 14.3. The van der Waals surface area contributed by atoms with Crippen LogP contribution in [0.15, 0.2) is 11.3 Å². The molecule has 0 unspecified atom stereocenters. The molecule has 0 bridgehead atoms. The highest BCUT2D eigenvalue weighted by atomic mass is 16.7. The molecule has 5 nitrogen and oxygen atoms in total. The van der Waals surface area contributed by atoms with Crippen molar-refractivity contribution in [3.8, 4) is 0 Å². The van der Waals surface area contributed by atoms with E-state index in [9.17, 15) is 4.79 Å². The summed E-state index contributed by atoms with van der Waals surface area (Å²) in [7, 11) is 3.16. The fraction of sp³-hybridized carbons (Fsp3) is 0.786. The lowest BCUT2D eigenvalue weighted by atomic mass is 9.95. The van der Waals surface area contributed by atoms with Crippen LogP contribution in [0.2, 0.25) is 0 Å². The minimum absolute atomic E-state index is 0.252. The van der Waals surface area contributed by atoms with E-state index in [4.69, 9.17) is 14.2 Å². The molecule has 0 spiro atoms. The number of esters is 1. The summed E-state index contributed by atoms with van der Waals surface area (Å²) in [5, 5.41) is 3.46. The Morgan fingerprint density at radius 3 is 2.47 bits per heavy atom. The smallest absolute Gasteiger partial charge is 0.336 e. The molecule has 0 atom stereocenters. The second-order valence-corrected chi connectivity index (χ2v) is 5.06. The monoisotopic (exact) mass is 269 g/mol. The fourth-order valence-corrected chi connectivity index (χ4v) is 2.78. The van der Waals surface area contributed by atoms with Crippen molar-refractivity contribution in [1.29, 1.82) is 0 Å². The molecular weight excluding hydrogens is 246 g/mol. The molecule has 0 aromatic rings. The second-order valence-electron chi connectivity index (χ2n) is 5.06. The Morgan fingerprint density at radius 1 is 1.26 bits per heavy atom. The van der Waals surface area contributed by atoms with Gasteiger partial charge in [-0.3, -0.25) is 0 Å². The van der Waals surface area contributed by atoms with E-state index in [1.54, 1.807) is 14.2 Å². The zero-order valence-electron chi connectivity index (χ0n) is 11.7. The zero-order chi connectivity index (χ0) is 13.7. The topological polar surface area (TPSA) is 56.8 Å². The van der Waals surface area contributed by atoms with Crippen LogP contribution in [0.3, 0.4) is 0 Å². The summed E-state index contributed by atoms with van der Waals surface area (Å²) in [6.07, 6.45) is 6.12. The van der Waals surface area contributed by atoms with Gasteiger partial charge in [0.05, 0.1) is 17.9 Å². The Kier molecular flexibility index (Phi) is 5.22. The quantitative estimate of drug-likeness (QED) is 0.468. The minimum atomic E-state index is -0.525. The molecule has 1 aliphatic heterocycles. The molecule has 1 saturated carbocycles. The standard InChI is InChI=1S/C14H23NO4/c1-17-14(18-2)12(11-8-9-19-13(11)16)15-10-6-4-3-5-7-10/h10,14-15H,3-9H2,1-2H3/b12-11-. The summed E-state index contributed by atoms with van der Waals surface area (Å²) in [4.78, 5) is 11.8. The number of nitrogens with one attached hydrogen (secondary N) is 1. The van der Waals surface area contributed by atoms with Gasteiger partial charge in [-0.15, -0.1) is 0 Å². The van der Waals surface area contributed by atoms with Crippen molar-refractivity contribution in [2.75, 3.05) is 20.8 Å². The Balaban J connectivity index is 2.16. The summed E-state index contributed by atoms with van der Waals surface area (Å²) >= 11 is 0. The average molecular weight is 269 g/mol. The van der Waals surface area contributed by atoms with Crippen molar-refractivity contribution in [3.63, 3.8) is 0 Å². The molecule has 19 heavy (non-hydrogen) atoms. The van der Waals surface area contributed by atoms with E-state index in [1.807, 2.05) is 0 Å². The van der Waals surface area contributed by atoms with Crippen LogP contribution in [-0.4, -0.2) is 39.1 Å². The van der Waals surface area contributed by atoms with Gasteiger partial charge in [-0.25, -0.2) is 4.79 Å². The third kappa shape index (κ3) is 3.48. The molecule has 5 heteroatoms. The molecule has 2 aliphatic rings. The Morgan fingerprint density at radius 2 is 1.95 bits per heavy atom. The van der Waals surface area contributed by atoms with Crippen LogP contribution < -0.4 is 5.32 Å². The molecule has 2 rings (SSSR count). The first-order chi connectivity index (χ1) is 9.26. The molecule has 1 N–H and O–H groups in total. The van der Waals surface area contributed by atoms with Crippen molar-refractivity contribution in [2.24, 2.45) is 0 Å². The van der Waals surface area contributed by atoms with Crippen LogP contribution in [0.4, 0.5) is 0 Å². The van der Waals surface area contributed by atoms with E-state index in [2.05, 4.69) is 5.32 Å². The van der Waals surface area contributed by atoms with Gasteiger partial charge < -0.3 is 19.5 Å². The van der Waals surface area contributed by atoms with E-state index in [-0.39, 0.29) is 5.97 Å². The summed E-state index contributed by atoms with van der Waals surface area (Å²) < 4.78 is 15.7. The van der Waals surface area contributed by atoms with E-state index >= 15 is 0 Å². The lowest BCUT2D eigenvalue weighted by Gasteiger charge is -2.28. The van der Waals surface area contributed by atoms with Gasteiger partial charge in [0.15, 0.2) is 6.29 Å². The Hall–Kier alpha value is -1.07. The Labute approximate surface area is 114 Å². The third-order valence-corrected chi connectivity index (χ3v) is 3.79. The zero-order valence-corrected chi connectivity index (χ0v) is 11.7. The van der Waals surface area contributed by atoms with Gasteiger partial charge in [-0.2, -0.15) is 0 Å². The third-order valence-electron chi connectivity index (χ3n) is 3.79. The van der Waals surface area contributed by atoms with Gasteiger partial charge in [0, 0.05) is 26.7 Å². The molecule has 1 aliphatic carbocycles. The van der Waals surface area contributed by atoms with Gasteiger partial charge in [0.1, 0.15) is 0 Å². The van der Waals surface area contributed by atoms with Gasteiger partial charge in [-0.1, -0.05) is 19.3 Å². The largest absolute Gasteiger partial charge is 0.462 e. The van der Waals surface area contributed by atoms with Crippen LogP contribution >= 0.6 is 0 Å². The van der Waals surface area contributed by atoms with Crippen LogP contribution in [-0.2, 0) is 19.0 Å². The molecular formula is C14H23NO4. The van der Waals surface area contributed by atoms with E-state index in [0.29, 0.717) is 24.6 Å². The van der Waals surface area contributed by atoms with Crippen molar-refractivity contribution >= 4 is 5.97 Å². The summed E-state index contributed by atoms with van der Waals surface area (Å²) in [5.41, 5.74) is 1.42. The molecule has 0 aromatic heterocycles. The maximum atomic E-state index is 11.8. The fourth-order valence-electron chi connectivity index (χ4n) is 2.78. The summed E-state index contributed by atoms with van der Waals surface area (Å²) in [6.45, 7) is 0.449. The van der Waals surface area contributed by atoms with Gasteiger partial charge in [-0.05, 0) is 12.8 Å². The van der Waals surface area contributed by atoms with Crippen LogP contribution in [0, 0.1) is 0 Å². The van der Waals surface area contributed by atoms with Crippen LogP contribution in [0.5, 0.6) is 0 Å². The maximum absolute atomic E-state index is 11.8. The predicted octanol–water partition coefficient (Wildman–Crippen LogP) is 1.73. The summed E-state index contributed by atoms with van der Waals surface area (Å²) in [6, 6.07) is 0.400. The van der Waals surface area contributed by atoms with Crippen LogP contribution in [0.25, 0.3) is 0 Å². The van der Waals surface area contributed by atoms with Gasteiger partial charge >= 0.3 is 5.97 Å².